The highest BCUT2D eigenvalue weighted by Crippen LogP contribution is 2.22. The topological polar surface area (TPSA) is 66.9 Å². The Bertz CT molecular complexity index is 419. The molecule has 0 radical (unpaired) electrons. The highest BCUT2D eigenvalue weighted by atomic mass is 16.6. The molecule has 0 aromatic rings. The van der Waals surface area contributed by atoms with Crippen LogP contribution in [0.4, 0.5) is 4.79 Å². The Balaban J connectivity index is 1.85. The fourth-order valence-corrected chi connectivity index (χ4v) is 2.62. The Morgan fingerprint density at radius 2 is 1.80 bits per heavy atom. The highest BCUT2D eigenvalue weighted by Gasteiger charge is 2.36. The molecule has 112 valence electrons. The number of carbonyl (C=O) groups excluding carboxylic acids is 3. The second kappa shape index (κ2) is 5.42. The number of Topliss-reactive ketones (excluding diaryl/α,β-unsaturated/α-hetero) is 1. The standard InChI is InChI=1S/C14H22N2O4/c1-14(2,3)20-13(19)15-6-4-10(5-7-15)16-9-11(17)8-12(16)18/h10H,4-9H2,1-3H3. The van der Waals surface area contributed by atoms with E-state index in [0.717, 1.165) is 0 Å². The third kappa shape index (κ3) is 3.49. The molecule has 2 aliphatic rings. The smallest absolute Gasteiger partial charge is 0.410 e. The average molecular weight is 282 g/mol. The number of rotatable bonds is 1. The van der Waals surface area contributed by atoms with E-state index in [0.29, 0.717) is 25.9 Å². The van der Waals surface area contributed by atoms with E-state index in [1.807, 2.05) is 20.8 Å². The minimum Gasteiger partial charge on any atom is -0.444 e. The van der Waals surface area contributed by atoms with Crippen LogP contribution in [0, 0.1) is 0 Å². The van der Waals surface area contributed by atoms with Crippen molar-refractivity contribution in [3.05, 3.63) is 0 Å². The summed E-state index contributed by atoms with van der Waals surface area (Å²) in [6.07, 6.45) is 1.14. The van der Waals surface area contributed by atoms with Crippen molar-refractivity contribution in [2.24, 2.45) is 0 Å². The normalized spacial score (nSPS) is 21.6. The summed E-state index contributed by atoms with van der Waals surface area (Å²) in [7, 11) is 0. The molecule has 20 heavy (non-hydrogen) atoms. The van der Waals surface area contributed by atoms with Crippen molar-refractivity contribution in [2.45, 2.75) is 51.7 Å². The van der Waals surface area contributed by atoms with Crippen LogP contribution in [0.25, 0.3) is 0 Å². The first-order valence-electron chi connectivity index (χ1n) is 7.05. The maximum absolute atomic E-state index is 11.9. The molecule has 2 heterocycles. The van der Waals surface area contributed by atoms with Crippen molar-refractivity contribution >= 4 is 17.8 Å². The Labute approximate surface area is 119 Å². The Hall–Kier alpha value is -1.59. The molecule has 0 aromatic heterocycles. The second-order valence-electron chi connectivity index (χ2n) is 6.44. The molecule has 0 aromatic carbocycles. The van der Waals surface area contributed by atoms with Crippen LogP contribution < -0.4 is 0 Å². The van der Waals surface area contributed by atoms with Gasteiger partial charge >= 0.3 is 6.09 Å². The van der Waals surface area contributed by atoms with Gasteiger partial charge in [0.2, 0.25) is 5.91 Å². The molecule has 6 nitrogen and oxygen atoms in total. The molecular weight excluding hydrogens is 260 g/mol. The molecule has 0 N–H and O–H groups in total. The zero-order chi connectivity index (χ0) is 14.9. The van der Waals surface area contributed by atoms with Gasteiger partial charge in [0.25, 0.3) is 0 Å². The van der Waals surface area contributed by atoms with E-state index in [-0.39, 0.29) is 36.8 Å². The van der Waals surface area contributed by atoms with Gasteiger partial charge in [-0.25, -0.2) is 4.79 Å². The molecule has 0 atom stereocenters. The van der Waals surface area contributed by atoms with Crippen molar-refractivity contribution in [1.82, 2.24) is 9.80 Å². The van der Waals surface area contributed by atoms with Gasteiger partial charge in [0, 0.05) is 19.1 Å². The van der Waals surface area contributed by atoms with Crippen molar-refractivity contribution in [2.75, 3.05) is 19.6 Å². The first kappa shape index (κ1) is 14.8. The Kier molecular flexibility index (Phi) is 4.01. The minimum atomic E-state index is -0.495. The summed E-state index contributed by atoms with van der Waals surface area (Å²) in [4.78, 5) is 38.2. The fraction of sp³-hybridized carbons (Fsp3) is 0.786. The molecule has 2 amide bonds. The maximum Gasteiger partial charge on any atom is 0.410 e. The van der Waals surface area contributed by atoms with Crippen molar-refractivity contribution < 1.29 is 19.1 Å². The van der Waals surface area contributed by atoms with Crippen molar-refractivity contribution in [1.29, 1.82) is 0 Å². The summed E-state index contributed by atoms with van der Waals surface area (Å²) in [5.74, 6) is -0.0877. The number of amides is 2. The SMILES string of the molecule is CC(C)(C)OC(=O)N1CCC(N2CC(=O)CC2=O)CC1. The number of ketones is 1. The molecule has 2 saturated heterocycles. The lowest BCUT2D eigenvalue weighted by atomic mass is 10.0. The lowest BCUT2D eigenvalue weighted by molar-refractivity contribution is -0.130. The summed E-state index contributed by atoms with van der Waals surface area (Å²) in [6.45, 7) is 6.88. The van der Waals surface area contributed by atoms with Gasteiger partial charge < -0.3 is 14.5 Å². The lowest BCUT2D eigenvalue weighted by Crippen LogP contribution is -2.48. The summed E-state index contributed by atoms with van der Waals surface area (Å²) >= 11 is 0. The van der Waals surface area contributed by atoms with E-state index < -0.39 is 5.60 Å². The van der Waals surface area contributed by atoms with E-state index in [1.165, 1.54) is 0 Å². The molecule has 0 spiro atoms. The van der Waals surface area contributed by atoms with Gasteiger partial charge in [0.1, 0.15) is 5.60 Å². The number of hydrogen-bond acceptors (Lipinski definition) is 4. The van der Waals surface area contributed by atoms with E-state index in [9.17, 15) is 14.4 Å². The number of likely N-dealkylation sites (tertiary alicyclic amines) is 2. The Morgan fingerprint density at radius 3 is 2.25 bits per heavy atom. The average Bonchev–Trinajstić information content (AvgIpc) is 2.66. The van der Waals surface area contributed by atoms with E-state index in [1.54, 1.807) is 9.80 Å². The van der Waals surface area contributed by atoms with Gasteiger partial charge in [-0.05, 0) is 33.6 Å². The van der Waals surface area contributed by atoms with Gasteiger partial charge in [-0.2, -0.15) is 0 Å². The largest absolute Gasteiger partial charge is 0.444 e. The first-order chi connectivity index (χ1) is 9.26. The molecular formula is C14H22N2O4. The lowest BCUT2D eigenvalue weighted by Gasteiger charge is -2.36. The first-order valence-corrected chi connectivity index (χ1v) is 7.05. The Morgan fingerprint density at radius 1 is 1.20 bits per heavy atom. The molecule has 0 saturated carbocycles. The number of hydrogen-bond donors (Lipinski definition) is 0. The number of carbonyl (C=O) groups is 3. The number of nitrogens with zero attached hydrogens (tertiary/aromatic N) is 2. The van der Waals surface area contributed by atoms with Gasteiger partial charge in [0.15, 0.2) is 5.78 Å². The highest BCUT2D eigenvalue weighted by molar-refractivity contribution is 6.05. The van der Waals surface area contributed by atoms with Crippen LogP contribution in [-0.2, 0) is 14.3 Å². The molecule has 2 fully saturated rings. The van der Waals surface area contributed by atoms with Crippen molar-refractivity contribution in [3.8, 4) is 0 Å². The summed E-state index contributed by atoms with van der Waals surface area (Å²) in [5.41, 5.74) is -0.495. The third-order valence-corrected chi connectivity index (χ3v) is 3.57. The van der Waals surface area contributed by atoms with Crippen LogP contribution in [0.15, 0.2) is 0 Å². The van der Waals surface area contributed by atoms with Gasteiger partial charge in [-0.1, -0.05) is 0 Å². The van der Waals surface area contributed by atoms with Crippen LogP contribution in [-0.4, -0.2) is 58.9 Å². The second-order valence-corrected chi connectivity index (χ2v) is 6.44. The monoisotopic (exact) mass is 282 g/mol. The van der Waals surface area contributed by atoms with E-state index in [4.69, 9.17) is 4.74 Å². The van der Waals surface area contributed by atoms with Crippen LogP contribution in [0.1, 0.15) is 40.0 Å². The third-order valence-electron chi connectivity index (χ3n) is 3.57. The van der Waals surface area contributed by atoms with Crippen LogP contribution in [0.5, 0.6) is 0 Å². The molecule has 2 rings (SSSR count). The molecule has 0 bridgehead atoms. The summed E-state index contributed by atoms with van der Waals surface area (Å²) in [6, 6.07) is 0.0765. The molecule has 6 heteroatoms. The van der Waals surface area contributed by atoms with Crippen LogP contribution in [0.2, 0.25) is 0 Å². The maximum atomic E-state index is 11.9. The summed E-state index contributed by atoms with van der Waals surface area (Å²) in [5, 5.41) is 0. The summed E-state index contributed by atoms with van der Waals surface area (Å²) < 4.78 is 5.33. The van der Waals surface area contributed by atoms with E-state index >= 15 is 0 Å². The molecule has 0 aliphatic carbocycles. The van der Waals surface area contributed by atoms with E-state index in [2.05, 4.69) is 0 Å². The van der Waals surface area contributed by atoms with Crippen molar-refractivity contribution in [3.63, 3.8) is 0 Å². The molecule has 2 aliphatic heterocycles. The predicted octanol–water partition coefficient (Wildman–Crippen LogP) is 1.19. The quantitative estimate of drug-likeness (QED) is 0.677. The van der Waals surface area contributed by atoms with Gasteiger partial charge in [-0.3, -0.25) is 9.59 Å². The zero-order valence-electron chi connectivity index (χ0n) is 12.3. The predicted molar refractivity (Wildman–Crippen MR) is 72.2 cm³/mol. The minimum absolute atomic E-state index is 0.00966. The number of ether oxygens (including phenoxy) is 1. The number of piperidine rings is 1. The van der Waals surface area contributed by atoms with Crippen LogP contribution >= 0.6 is 0 Å². The van der Waals surface area contributed by atoms with Gasteiger partial charge in [0.05, 0.1) is 13.0 Å². The fourth-order valence-electron chi connectivity index (χ4n) is 2.62. The van der Waals surface area contributed by atoms with Gasteiger partial charge in [-0.15, -0.1) is 0 Å². The molecule has 0 unspecified atom stereocenters. The van der Waals surface area contributed by atoms with Crippen LogP contribution in [0.3, 0.4) is 0 Å². The zero-order valence-corrected chi connectivity index (χ0v) is 12.3.